The number of carboxylic acids is 1. The number of sulfone groups is 1. The molecule has 4 nitrogen and oxygen atoms in total. The Hall–Kier alpha value is -2.09. The van der Waals surface area contributed by atoms with Crippen molar-refractivity contribution >= 4 is 39.2 Å². The standard InChI is InChI=1S/C19H14ClFO4S2/c20-13-7-10-16(26-14-8-5-12(6-9-14)19(22)23)18(11-13)27(24,25)17-4-2-1-3-15(17)21/h1-3,5-11,17H,4H2,(H,22,23). The van der Waals surface area contributed by atoms with E-state index in [1.807, 2.05) is 0 Å². The van der Waals surface area contributed by atoms with Gasteiger partial charge >= 0.3 is 5.97 Å². The molecule has 1 aliphatic rings. The molecule has 0 bridgehead atoms. The van der Waals surface area contributed by atoms with Gasteiger partial charge < -0.3 is 5.11 Å². The van der Waals surface area contributed by atoms with Gasteiger partial charge in [-0.2, -0.15) is 0 Å². The van der Waals surface area contributed by atoms with Crippen molar-refractivity contribution in [1.29, 1.82) is 0 Å². The third-order valence-electron chi connectivity index (χ3n) is 3.97. The second-order valence-corrected chi connectivity index (χ2v) is 9.42. The van der Waals surface area contributed by atoms with Gasteiger partial charge in [0.25, 0.3) is 0 Å². The molecule has 3 rings (SSSR count). The molecule has 2 aromatic carbocycles. The van der Waals surface area contributed by atoms with Gasteiger partial charge in [-0.15, -0.1) is 0 Å². The molecule has 1 aliphatic carbocycles. The molecule has 0 spiro atoms. The quantitative estimate of drug-likeness (QED) is 0.719. The van der Waals surface area contributed by atoms with Gasteiger partial charge in [0.15, 0.2) is 9.84 Å². The number of carbonyl (C=O) groups is 1. The Bertz CT molecular complexity index is 1040. The average molecular weight is 425 g/mol. The van der Waals surface area contributed by atoms with Gasteiger partial charge in [0.2, 0.25) is 0 Å². The van der Waals surface area contributed by atoms with Crippen molar-refractivity contribution in [3.8, 4) is 0 Å². The number of rotatable bonds is 5. The summed E-state index contributed by atoms with van der Waals surface area (Å²) < 4.78 is 40.2. The molecular weight excluding hydrogens is 411 g/mol. The summed E-state index contributed by atoms with van der Waals surface area (Å²) in [5.41, 5.74) is 0.129. The van der Waals surface area contributed by atoms with Crippen LogP contribution >= 0.6 is 23.4 Å². The summed E-state index contributed by atoms with van der Waals surface area (Å²) in [6, 6.07) is 10.5. The molecule has 0 saturated heterocycles. The van der Waals surface area contributed by atoms with E-state index < -0.39 is 26.9 Å². The van der Waals surface area contributed by atoms with Crippen LogP contribution in [0.4, 0.5) is 4.39 Å². The number of carboxylic acid groups (broad SMARTS) is 1. The maximum Gasteiger partial charge on any atom is 0.335 e. The summed E-state index contributed by atoms with van der Waals surface area (Å²) >= 11 is 7.14. The molecule has 0 amide bonds. The summed E-state index contributed by atoms with van der Waals surface area (Å²) in [6.45, 7) is 0. The van der Waals surface area contributed by atoms with Crippen LogP contribution in [0.2, 0.25) is 5.02 Å². The lowest BCUT2D eigenvalue weighted by Crippen LogP contribution is -2.23. The van der Waals surface area contributed by atoms with Crippen LogP contribution in [0.25, 0.3) is 0 Å². The molecule has 27 heavy (non-hydrogen) atoms. The highest BCUT2D eigenvalue weighted by Crippen LogP contribution is 2.38. The van der Waals surface area contributed by atoms with E-state index in [0.29, 0.717) is 9.79 Å². The Kier molecular flexibility index (Phi) is 5.74. The van der Waals surface area contributed by atoms with Gasteiger partial charge in [-0.3, -0.25) is 0 Å². The van der Waals surface area contributed by atoms with E-state index in [1.165, 1.54) is 24.3 Å². The lowest BCUT2D eigenvalue weighted by atomic mass is 10.2. The average Bonchev–Trinajstić information content (AvgIpc) is 2.64. The van der Waals surface area contributed by atoms with E-state index in [4.69, 9.17) is 16.7 Å². The maximum atomic E-state index is 14.1. The van der Waals surface area contributed by atoms with Crippen molar-refractivity contribution < 1.29 is 22.7 Å². The first-order chi connectivity index (χ1) is 12.8. The Morgan fingerprint density at radius 2 is 1.89 bits per heavy atom. The molecule has 1 unspecified atom stereocenters. The van der Waals surface area contributed by atoms with Crippen molar-refractivity contribution in [1.82, 2.24) is 0 Å². The van der Waals surface area contributed by atoms with Crippen LogP contribution < -0.4 is 0 Å². The van der Waals surface area contributed by atoms with E-state index in [9.17, 15) is 17.6 Å². The molecule has 8 heteroatoms. The van der Waals surface area contributed by atoms with Crippen molar-refractivity contribution in [3.05, 3.63) is 77.1 Å². The van der Waals surface area contributed by atoms with Crippen LogP contribution in [0.3, 0.4) is 0 Å². The first kappa shape index (κ1) is 19.7. The molecule has 0 heterocycles. The van der Waals surface area contributed by atoms with Gasteiger partial charge in [0, 0.05) is 14.8 Å². The fourth-order valence-electron chi connectivity index (χ4n) is 2.59. The maximum absolute atomic E-state index is 14.1. The second-order valence-electron chi connectivity index (χ2n) is 5.77. The van der Waals surface area contributed by atoms with Gasteiger partial charge in [0.05, 0.1) is 10.5 Å². The first-order valence-electron chi connectivity index (χ1n) is 7.86. The van der Waals surface area contributed by atoms with Crippen LogP contribution in [0, 0.1) is 0 Å². The van der Waals surface area contributed by atoms with Crippen LogP contribution in [-0.2, 0) is 9.84 Å². The Morgan fingerprint density at radius 3 is 2.52 bits per heavy atom. The largest absolute Gasteiger partial charge is 0.478 e. The smallest absolute Gasteiger partial charge is 0.335 e. The minimum atomic E-state index is -4.00. The highest BCUT2D eigenvalue weighted by Gasteiger charge is 2.33. The zero-order valence-corrected chi connectivity index (χ0v) is 16.2. The molecule has 140 valence electrons. The third-order valence-corrected chi connectivity index (χ3v) is 7.53. The van der Waals surface area contributed by atoms with E-state index in [-0.39, 0.29) is 21.9 Å². The normalized spacial score (nSPS) is 16.8. The highest BCUT2D eigenvalue weighted by atomic mass is 35.5. The molecule has 0 radical (unpaired) electrons. The van der Waals surface area contributed by atoms with E-state index >= 15 is 0 Å². The summed E-state index contributed by atoms with van der Waals surface area (Å²) in [7, 11) is -4.00. The minimum absolute atomic E-state index is 0.0499. The minimum Gasteiger partial charge on any atom is -0.478 e. The molecule has 0 aromatic heterocycles. The first-order valence-corrected chi connectivity index (χ1v) is 10.6. The molecule has 0 aliphatic heterocycles. The Labute approximate surface area is 165 Å². The SMILES string of the molecule is O=C(O)c1ccc(Sc2ccc(Cl)cc2S(=O)(=O)C2CC=CC=C2F)cc1. The number of allylic oxidation sites excluding steroid dienone is 3. The zero-order chi connectivity index (χ0) is 19.6. The summed E-state index contributed by atoms with van der Waals surface area (Å²) in [6.07, 6.45) is 4.29. The molecule has 2 aromatic rings. The lowest BCUT2D eigenvalue weighted by molar-refractivity contribution is 0.0697. The van der Waals surface area contributed by atoms with Gasteiger partial charge in [-0.05, 0) is 55.0 Å². The molecular formula is C19H14ClFO4S2. The van der Waals surface area contributed by atoms with Crippen molar-refractivity contribution in [3.63, 3.8) is 0 Å². The third kappa shape index (κ3) is 4.26. The number of halogens is 2. The van der Waals surface area contributed by atoms with Crippen LogP contribution in [0.5, 0.6) is 0 Å². The van der Waals surface area contributed by atoms with Crippen molar-refractivity contribution in [2.75, 3.05) is 0 Å². The summed E-state index contributed by atoms with van der Waals surface area (Å²) in [4.78, 5) is 11.9. The van der Waals surface area contributed by atoms with Gasteiger partial charge in [-0.25, -0.2) is 17.6 Å². The Morgan fingerprint density at radius 1 is 1.19 bits per heavy atom. The number of aromatic carboxylic acids is 1. The van der Waals surface area contributed by atoms with Crippen molar-refractivity contribution in [2.45, 2.75) is 26.4 Å². The predicted octanol–water partition coefficient (Wildman–Crippen LogP) is 5.15. The highest BCUT2D eigenvalue weighted by molar-refractivity contribution is 8.00. The van der Waals surface area contributed by atoms with Crippen LogP contribution in [0.1, 0.15) is 16.8 Å². The topological polar surface area (TPSA) is 71.4 Å². The lowest BCUT2D eigenvalue weighted by Gasteiger charge is -2.19. The fourth-order valence-corrected chi connectivity index (χ4v) is 5.81. The zero-order valence-electron chi connectivity index (χ0n) is 13.8. The summed E-state index contributed by atoms with van der Waals surface area (Å²) in [5.74, 6) is -1.76. The molecule has 0 fully saturated rings. The number of benzene rings is 2. The van der Waals surface area contributed by atoms with Gasteiger partial charge in [0.1, 0.15) is 11.1 Å². The number of hydrogen-bond donors (Lipinski definition) is 1. The van der Waals surface area contributed by atoms with Crippen molar-refractivity contribution in [2.24, 2.45) is 0 Å². The van der Waals surface area contributed by atoms with Crippen LogP contribution in [-0.4, -0.2) is 24.7 Å². The van der Waals surface area contributed by atoms with E-state index in [0.717, 1.165) is 17.8 Å². The van der Waals surface area contributed by atoms with Gasteiger partial charge in [-0.1, -0.05) is 35.5 Å². The second kappa shape index (κ2) is 7.88. The van der Waals surface area contributed by atoms with E-state index in [2.05, 4.69) is 0 Å². The van der Waals surface area contributed by atoms with Crippen LogP contribution in [0.15, 0.2) is 81.2 Å². The predicted molar refractivity (Wildman–Crippen MR) is 103 cm³/mol. The fraction of sp³-hybridized carbons (Fsp3) is 0.105. The van der Waals surface area contributed by atoms with E-state index in [1.54, 1.807) is 30.3 Å². The monoisotopic (exact) mass is 424 g/mol. The molecule has 1 N–H and O–H groups in total. The Balaban J connectivity index is 1.99. The summed E-state index contributed by atoms with van der Waals surface area (Å²) in [5, 5.41) is 7.92. The number of hydrogen-bond acceptors (Lipinski definition) is 4. The molecule has 0 saturated carbocycles. The molecule has 1 atom stereocenters.